The standard InChI is InChI=1S/C15H17N3O/c1-3-18(4-2)15(19)14-11-10-13(16-17-14)12-8-6-5-7-9-12/h5-11H,3-4H2,1-2H3. The minimum atomic E-state index is -0.0721. The molecule has 0 aliphatic rings. The van der Waals surface area contributed by atoms with E-state index < -0.39 is 0 Å². The van der Waals surface area contributed by atoms with Crippen molar-refractivity contribution in [3.8, 4) is 11.3 Å². The zero-order valence-electron chi connectivity index (χ0n) is 11.2. The van der Waals surface area contributed by atoms with E-state index in [-0.39, 0.29) is 5.91 Å². The summed E-state index contributed by atoms with van der Waals surface area (Å²) in [5.41, 5.74) is 2.16. The lowest BCUT2D eigenvalue weighted by Crippen LogP contribution is -2.31. The molecule has 4 heteroatoms. The number of hydrogen-bond acceptors (Lipinski definition) is 3. The molecule has 0 radical (unpaired) electrons. The Labute approximate surface area is 113 Å². The van der Waals surface area contributed by atoms with Crippen molar-refractivity contribution in [1.82, 2.24) is 15.1 Å². The summed E-state index contributed by atoms with van der Waals surface area (Å²) in [4.78, 5) is 13.8. The molecule has 19 heavy (non-hydrogen) atoms. The minimum absolute atomic E-state index is 0.0721. The molecule has 1 aromatic carbocycles. The third-order valence-corrected chi connectivity index (χ3v) is 3.00. The lowest BCUT2D eigenvalue weighted by molar-refractivity contribution is 0.0766. The smallest absolute Gasteiger partial charge is 0.274 e. The van der Waals surface area contributed by atoms with E-state index in [9.17, 15) is 4.79 Å². The zero-order valence-corrected chi connectivity index (χ0v) is 11.2. The quantitative estimate of drug-likeness (QED) is 0.843. The van der Waals surface area contributed by atoms with Gasteiger partial charge in [-0.1, -0.05) is 30.3 Å². The van der Waals surface area contributed by atoms with E-state index >= 15 is 0 Å². The first kappa shape index (κ1) is 13.2. The summed E-state index contributed by atoms with van der Waals surface area (Å²) in [5, 5.41) is 8.15. The van der Waals surface area contributed by atoms with Gasteiger partial charge in [0.2, 0.25) is 0 Å². The molecule has 0 unspecified atom stereocenters. The van der Waals surface area contributed by atoms with Gasteiger partial charge in [0.1, 0.15) is 0 Å². The topological polar surface area (TPSA) is 46.1 Å². The molecule has 0 N–H and O–H groups in total. The molecule has 98 valence electrons. The number of benzene rings is 1. The highest BCUT2D eigenvalue weighted by Gasteiger charge is 2.14. The van der Waals surface area contributed by atoms with Gasteiger partial charge in [-0.2, -0.15) is 0 Å². The van der Waals surface area contributed by atoms with Crippen molar-refractivity contribution in [1.29, 1.82) is 0 Å². The van der Waals surface area contributed by atoms with Crippen molar-refractivity contribution < 1.29 is 4.79 Å². The van der Waals surface area contributed by atoms with Gasteiger partial charge in [-0.25, -0.2) is 0 Å². The second-order valence-electron chi connectivity index (χ2n) is 4.15. The van der Waals surface area contributed by atoms with E-state index in [0.717, 1.165) is 11.3 Å². The molecular formula is C15H17N3O. The molecule has 0 saturated carbocycles. The third kappa shape index (κ3) is 2.96. The molecule has 1 amide bonds. The summed E-state index contributed by atoms with van der Waals surface area (Å²) in [6.45, 7) is 5.26. The van der Waals surface area contributed by atoms with Crippen LogP contribution >= 0.6 is 0 Å². The highest BCUT2D eigenvalue weighted by Crippen LogP contribution is 2.15. The van der Waals surface area contributed by atoms with Crippen molar-refractivity contribution in [2.45, 2.75) is 13.8 Å². The van der Waals surface area contributed by atoms with Gasteiger partial charge in [0.15, 0.2) is 5.69 Å². The maximum atomic E-state index is 12.1. The van der Waals surface area contributed by atoms with Gasteiger partial charge in [-0.15, -0.1) is 10.2 Å². The van der Waals surface area contributed by atoms with Gasteiger partial charge < -0.3 is 4.90 Å². The Balaban J connectivity index is 2.22. The Morgan fingerprint density at radius 1 is 1.00 bits per heavy atom. The van der Waals surface area contributed by atoms with Crippen LogP contribution in [0.4, 0.5) is 0 Å². The fourth-order valence-electron chi connectivity index (χ4n) is 1.88. The van der Waals surface area contributed by atoms with E-state index in [4.69, 9.17) is 0 Å². The minimum Gasteiger partial charge on any atom is -0.338 e. The maximum Gasteiger partial charge on any atom is 0.274 e. The van der Waals surface area contributed by atoms with Crippen molar-refractivity contribution in [2.75, 3.05) is 13.1 Å². The summed E-state index contributed by atoms with van der Waals surface area (Å²) in [6.07, 6.45) is 0. The van der Waals surface area contributed by atoms with Gasteiger partial charge >= 0.3 is 0 Å². The average molecular weight is 255 g/mol. The van der Waals surface area contributed by atoms with Crippen LogP contribution in [0.25, 0.3) is 11.3 Å². The van der Waals surface area contributed by atoms with E-state index in [2.05, 4.69) is 10.2 Å². The van der Waals surface area contributed by atoms with Gasteiger partial charge in [-0.3, -0.25) is 4.79 Å². The molecule has 1 heterocycles. The number of nitrogens with zero attached hydrogens (tertiary/aromatic N) is 3. The van der Waals surface area contributed by atoms with Crippen LogP contribution in [0, 0.1) is 0 Å². The van der Waals surface area contributed by atoms with Crippen LogP contribution < -0.4 is 0 Å². The fraction of sp³-hybridized carbons (Fsp3) is 0.267. The lowest BCUT2D eigenvalue weighted by atomic mass is 10.1. The van der Waals surface area contributed by atoms with E-state index in [1.54, 1.807) is 11.0 Å². The number of aromatic nitrogens is 2. The van der Waals surface area contributed by atoms with Crippen LogP contribution in [-0.4, -0.2) is 34.1 Å². The zero-order chi connectivity index (χ0) is 13.7. The fourth-order valence-corrected chi connectivity index (χ4v) is 1.88. The predicted octanol–water partition coefficient (Wildman–Crippen LogP) is 2.63. The van der Waals surface area contributed by atoms with Crippen molar-refractivity contribution in [3.05, 3.63) is 48.2 Å². The molecule has 0 aliphatic carbocycles. The van der Waals surface area contributed by atoms with E-state index in [1.165, 1.54) is 0 Å². The van der Waals surface area contributed by atoms with Crippen LogP contribution in [0.3, 0.4) is 0 Å². The first-order valence-corrected chi connectivity index (χ1v) is 6.44. The Kier molecular flexibility index (Phi) is 4.23. The monoisotopic (exact) mass is 255 g/mol. The van der Waals surface area contributed by atoms with Crippen molar-refractivity contribution >= 4 is 5.91 Å². The second kappa shape index (κ2) is 6.09. The summed E-state index contributed by atoms with van der Waals surface area (Å²) >= 11 is 0. The van der Waals surface area contributed by atoms with Crippen LogP contribution in [0.2, 0.25) is 0 Å². The molecule has 2 aromatic rings. The lowest BCUT2D eigenvalue weighted by Gasteiger charge is -2.17. The SMILES string of the molecule is CCN(CC)C(=O)c1ccc(-c2ccccc2)nn1. The Morgan fingerprint density at radius 3 is 2.21 bits per heavy atom. The van der Waals surface area contributed by atoms with E-state index in [1.807, 2.05) is 50.2 Å². The van der Waals surface area contributed by atoms with Crippen LogP contribution in [0.1, 0.15) is 24.3 Å². The van der Waals surface area contributed by atoms with Crippen molar-refractivity contribution in [3.63, 3.8) is 0 Å². The molecule has 0 aliphatic heterocycles. The summed E-state index contributed by atoms with van der Waals surface area (Å²) in [6, 6.07) is 13.4. The van der Waals surface area contributed by atoms with Crippen LogP contribution in [-0.2, 0) is 0 Å². The molecule has 0 atom stereocenters. The van der Waals surface area contributed by atoms with Gasteiger partial charge in [0.25, 0.3) is 5.91 Å². The Hall–Kier alpha value is -2.23. The Bertz CT molecular complexity index is 533. The normalized spacial score (nSPS) is 10.2. The summed E-state index contributed by atoms with van der Waals surface area (Å²) in [7, 11) is 0. The maximum absolute atomic E-state index is 12.1. The molecular weight excluding hydrogens is 238 g/mol. The molecule has 0 spiro atoms. The number of carbonyl (C=O) groups excluding carboxylic acids is 1. The number of hydrogen-bond donors (Lipinski definition) is 0. The van der Waals surface area contributed by atoms with Gasteiger partial charge in [-0.05, 0) is 26.0 Å². The highest BCUT2D eigenvalue weighted by molar-refractivity contribution is 5.92. The summed E-state index contributed by atoms with van der Waals surface area (Å²) < 4.78 is 0. The largest absolute Gasteiger partial charge is 0.338 e. The molecule has 0 fully saturated rings. The first-order valence-electron chi connectivity index (χ1n) is 6.44. The molecule has 1 aromatic heterocycles. The summed E-state index contributed by atoms with van der Waals surface area (Å²) in [5.74, 6) is -0.0721. The van der Waals surface area contributed by atoms with Crippen LogP contribution in [0.5, 0.6) is 0 Å². The van der Waals surface area contributed by atoms with Gasteiger partial charge in [0.05, 0.1) is 5.69 Å². The first-order chi connectivity index (χ1) is 9.26. The van der Waals surface area contributed by atoms with E-state index in [0.29, 0.717) is 18.8 Å². The highest BCUT2D eigenvalue weighted by atomic mass is 16.2. The second-order valence-corrected chi connectivity index (χ2v) is 4.15. The third-order valence-electron chi connectivity index (χ3n) is 3.00. The average Bonchev–Trinajstić information content (AvgIpc) is 2.49. The number of rotatable bonds is 4. The predicted molar refractivity (Wildman–Crippen MR) is 74.7 cm³/mol. The molecule has 0 bridgehead atoms. The number of amides is 1. The molecule has 0 saturated heterocycles. The molecule has 2 rings (SSSR count). The van der Waals surface area contributed by atoms with Crippen LogP contribution in [0.15, 0.2) is 42.5 Å². The van der Waals surface area contributed by atoms with Gasteiger partial charge in [0, 0.05) is 18.7 Å². The Morgan fingerprint density at radius 2 is 1.68 bits per heavy atom. The van der Waals surface area contributed by atoms with Crippen molar-refractivity contribution in [2.24, 2.45) is 0 Å². The molecule has 4 nitrogen and oxygen atoms in total. The number of carbonyl (C=O) groups is 1.